The Morgan fingerprint density at radius 1 is 1.00 bits per heavy atom. The summed E-state index contributed by atoms with van der Waals surface area (Å²) in [6.45, 7) is 0. The fourth-order valence-corrected chi connectivity index (χ4v) is 1.98. The summed E-state index contributed by atoms with van der Waals surface area (Å²) in [5.74, 6) is 0.117. The van der Waals surface area contributed by atoms with Gasteiger partial charge in [0.25, 0.3) is 0 Å². The Labute approximate surface area is 101 Å². The van der Waals surface area contributed by atoms with Crippen molar-refractivity contribution in [3.05, 3.63) is 48.4 Å². The van der Waals surface area contributed by atoms with Gasteiger partial charge in [-0.2, -0.15) is 0 Å². The van der Waals surface area contributed by atoms with Crippen molar-refractivity contribution in [1.82, 2.24) is 9.97 Å². The first-order valence-corrected chi connectivity index (χ1v) is 6.61. The van der Waals surface area contributed by atoms with E-state index in [1.165, 1.54) is 0 Å². The van der Waals surface area contributed by atoms with Crippen molar-refractivity contribution in [3.63, 3.8) is 0 Å². The van der Waals surface area contributed by atoms with E-state index in [0.717, 1.165) is 17.0 Å². The van der Waals surface area contributed by atoms with Gasteiger partial charge in [0.05, 0.1) is 17.1 Å². The number of aryl methyl sites for hydroxylation is 1. The van der Waals surface area contributed by atoms with Gasteiger partial charge in [-0.3, -0.25) is 9.97 Å². The molecule has 17 heavy (non-hydrogen) atoms. The molecule has 88 valence electrons. The average Bonchev–Trinajstić information content (AvgIpc) is 2.38. The predicted octanol–water partition coefficient (Wildman–Crippen LogP) is 1.30. The molecule has 2 aromatic rings. The lowest BCUT2D eigenvalue weighted by Gasteiger charge is -2.05. The monoisotopic (exact) mass is 248 g/mol. The van der Waals surface area contributed by atoms with Gasteiger partial charge in [0, 0.05) is 24.4 Å². The molecule has 0 unspecified atom stereocenters. The van der Waals surface area contributed by atoms with Crippen molar-refractivity contribution >= 4 is 10.7 Å². The van der Waals surface area contributed by atoms with Gasteiger partial charge < -0.3 is 0 Å². The lowest BCUT2D eigenvalue weighted by molar-refractivity contribution is 0.613. The van der Waals surface area contributed by atoms with Crippen LogP contribution in [-0.2, 0) is 17.1 Å². The highest BCUT2D eigenvalue weighted by atomic mass is 32.2. The first-order chi connectivity index (χ1) is 8.27. The maximum absolute atomic E-state index is 10.6. The molecule has 0 saturated heterocycles. The smallest absolute Gasteiger partial charge is 0.140 e. The molecule has 0 amide bonds. The normalized spacial score (nSPS) is 10.6. The molecular formula is C12H12N2O2S. The minimum atomic E-state index is -2.37. The standard InChI is InChI=1S/C12H12N2O2S/c15-17(16)9-6-12-10(4-3-8-14-12)11-5-1-2-7-13-11/h1-5,7-8,17H,6,9H2. The molecule has 0 aliphatic rings. The number of thiol groups is 1. The van der Waals surface area contributed by atoms with Gasteiger partial charge >= 0.3 is 0 Å². The second-order valence-corrected chi connectivity index (χ2v) is 4.63. The minimum absolute atomic E-state index is 0.117. The third kappa shape index (κ3) is 3.10. The minimum Gasteiger partial charge on any atom is -0.261 e. The molecule has 0 aromatic carbocycles. The van der Waals surface area contributed by atoms with Crippen LogP contribution in [-0.4, -0.2) is 24.1 Å². The van der Waals surface area contributed by atoms with E-state index in [9.17, 15) is 8.42 Å². The van der Waals surface area contributed by atoms with Crippen LogP contribution >= 0.6 is 0 Å². The van der Waals surface area contributed by atoms with E-state index in [2.05, 4.69) is 9.97 Å². The maximum Gasteiger partial charge on any atom is 0.140 e. The van der Waals surface area contributed by atoms with Gasteiger partial charge in [-0.15, -0.1) is 0 Å². The first kappa shape index (κ1) is 11.7. The number of hydrogen-bond acceptors (Lipinski definition) is 4. The summed E-state index contributed by atoms with van der Waals surface area (Å²) < 4.78 is 21.2. The number of aromatic nitrogens is 2. The number of nitrogens with zero attached hydrogens (tertiary/aromatic N) is 2. The van der Waals surface area contributed by atoms with Crippen LogP contribution in [0.2, 0.25) is 0 Å². The zero-order chi connectivity index (χ0) is 12.1. The highest BCUT2D eigenvalue weighted by Crippen LogP contribution is 2.19. The summed E-state index contributed by atoms with van der Waals surface area (Å²) in [5, 5.41) is 0. The molecule has 0 fully saturated rings. The number of rotatable bonds is 4. The van der Waals surface area contributed by atoms with Gasteiger partial charge in [-0.1, -0.05) is 6.07 Å². The van der Waals surface area contributed by atoms with Crippen molar-refractivity contribution in [2.45, 2.75) is 6.42 Å². The first-order valence-electron chi connectivity index (χ1n) is 5.24. The fourth-order valence-electron chi connectivity index (χ4n) is 1.59. The number of pyridine rings is 2. The van der Waals surface area contributed by atoms with Crippen molar-refractivity contribution in [2.24, 2.45) is 0 Å². The third-order valence-electron chi connectivity index (χ3n) is 2.36. The van der Waals surface area contributed by atoms with Crippen LogP contribution in [0.4, 0.5) is 0 Å². The predicted molar refractivity (Wildman–Crippen MR) is 66.4 cm³/mol. The lowest BCUT2D eigenvalue weighted by Crippen LogP contribution is -2.00. The second-order valence-electron chi connectivity index (χ2n) is 3.52. The van der Waals surface area contributed by atoms with Crippen LogP contribution in [0.5, 0.6) is 0 Å². The molecule has 2 aromatic heterocycles. The Morgan fingerprint density at radius 3 is 2.53 bits per heavy atom. The van der Waals surface area contributed by atoms with Crippen LogP contribution in [0.3, 0.4) is 0 Å². The van der Waals surface area contributed by atoms with Crippen LogP contribution < -0.4 is 0 Å². The van der Waals surface area contributed by atoms with E-state index < -0.39 is 10.7 Å². The Kier molecular flexibility index (Phi) is 3.82. The fraction of sp³-hybridized carbons (Fsp3) is 0.167. The van der Waals surface area contributed by atoms with Gasteiger partial charge in [0.2, 0.25) is 0 Å². The van der Waals surface area contributed by atoms with Crippen LogP contribution in [0.15, 0.2) is 42.7 Å². The van der Waals surface area contributed by atoms with Crippen molar-refractivity contribution in [3.8, 4) is 11.3 Å². The molecule has 4 nitrogen and oxygen atoms in total. The molecule has 0 spiro atoms. The molecule has 5 heteroatoms. The molecular weight excluding hydrogens is 236 g/mol. The molecule has 0 atom stereocenters. The zero-order valence-electron chi connectivity index (χ0n) is 9.11. The van der Waals surface area contributed by atoms with E-state index in [4.69, 9.17) is 0 Å². The quantitative estimate of drug-likeness (QED) is 0.828. The van der Waals surface area contributed by atoms with E-state index in [0.29, 0.717) is 6.42 Å². The molecule has 0 aliphatic carbocycles. The summed E-state index contributed by atoms with van der Waals surface area (Å²) in [5.41, 5.74) is 2.48. The lowest BCUT2D eigenvalue weighted by atomic mass is 10.1. The van der Waals surface area contributed by atoms with Crippen LogP contribution in [0.1, 0.15) is 5.69 Å². The van der Waals surface area contributed by atoms with Crippen LogP contribution in [0.25, 0.3) is 11.3 Å². The van der Waals surface area contributed by atoms with Crippen molar-refractivity contribution in [1.29, 1.82) is 0 Å². The third-order valence-corrected chi connectivity index (χ3v) is 2.95. The molecule has 2 heterocycles. The van der Waals surface area contributed by atoms with Crippen LogP contribution in [0, 0.1) is 0 Å². The summed E-state index contributed by atoms with van der Waals surface area (Å²) in [4.78, 5) is 8.47. The largest absolute Gasteiger partial charge is 0.261 e. The van der Waals surface area contributed by atoms with E-state index >= 15 is 0 Å². The van der Waals surface area contributed by atoms with E-state index in [1.807, 2.05) is 30.3 Å². The van der Waals surface area contributed by atoms with Gasteiger partial charge in [-0.25, -0.2) is 8.42 Å². The summed E-state index contributed by atoms with van der Waals surface area (Å²) in [7, 11) is -2.37. The Hall–Kier alpha value is -1.75. The molecule has 2 rings (SSSR count). The molecule has 0 saturated carbocycles. The van der Waals surface area contributed by atoms with E-state index in [1.54, 1.807) is 12.4 Å². The zero-order valence-corrected chi connectivity index (χ0v) is 10.0. The molecule has 0 radical (unpaired) electrons. The summed E-state index contributed by atoms with van der Waals surface area (Å²) >= 11 is 0. The SMILES string of the molecule is O=[SH](=O)CCc1ncccc1-c1ccccn1. The highest BCUT2D eigenvalue weighted by molar-refractivity contribution is 7.72. The maximum atomic E-state index is 10.6. The summed E-state index contributed by atoms with van der Waals surface area (Å²) in [6, 6.07) is 9.35. The Morgan fingerprint density at radius 2 is 1.82 bits per heavy atom. The second kappa shape index (κ2) is 5.54. The number of hydrogen-bond donors (Lipinski definition) is 1. The van der Waals surface area contributed by atoms with Crippen molar-refractivity contribution < 1.29 is 8.42 Å². The van der Waals surface area contributed by atoms with Gasteiger partial charge in [0.1, 0.15) is 10.7 Å². The molecule has 0 aliphatic heterocycles. The van der Waals surface area contributed by atoms with Gasteiger partial charge in [-0.05, 0) is 24.3 Å². The van der Waals surface area contributed by atoms with Crippen molar-refractivity contribution in [2.75, 3.05) is 5.75 Å². The molecule has 0 N–H and O–H groups in total. The van der Waals surface area contributed by atoms with E-state index in [-0.39, 0.29) is 5.75 Å². The Bertz CT molecular complexity index is 560. The molecule has 0 bridgehead atoms. The van der Waals surface area contributed by atoms with Gasteiger partial charge in [0.15, 0.2) is 0 Å². The Balaban J connectivity index is 2.34. The highest BCUT2D eigenvalue weighted by Gasteiger charge is 2.06. The summed E-state index contributed by atoms with van der Waals surface area (Å²) in [6.07, 6.45) is 3.80. The average molecular weight is 248 g/mol. The topological polar surface area (TPSA) is 59.9 Å².